The van der Waals surface area contributed by atoms with Crippen molar-refractivity contribution in [2.75, 3.05) is 5.32 Å². The Morgan fingerprint density at radius 2 is 2.05 bits per heavy atom. The number of anilines is 1. The monoisotopic (exact) mass is 269 g/mol. The first-order valence-electron chi connectivity index (χ1n) is 6.88. The predicted octanol–water partition coefficient (Wildman–Crippen LogP) is 2.82. The molecule has 0 bridgehead atoms. The Kier molecular flexibility index (Phi) is 2.89. The van der Waals surface area contributed by atoms with Gasteiger partial charge in [-0.1, -0.05) is 23.8 Å². The molecule has 1 aromatic carbocycles. The maximum atomic E-state index is 12.0. The fourth-order valence-corrected chi connectivity index (χ4v) is 3.01. The number of benzene rings is 1. The standard InChI is InChI=1S/C16H19N3O/c1-9-5-6-10(2)12(7-9)13-8-14(20)17-16-15(13)11(3)19(4)18-16/h5-7,13H,8H2,1-4H3,(H,17,18,20). The molecule has 1 amide bonds. The maximum Gasteiger partial charge on any atom is 0.226 e. The van der Waals surface area contributed by atoms with Crippen LogP contribution >= 0.6 is 0 Å². The van der Waals surface area contributed by atoms with E-state index in [4.69, 9.17) is 0 Å². The summed E-state index contributed by atoms with van der Waals surface area (Å²) < 4.78 is 1.84. The van der Waals surface area contributed by atoms with Crippen LogP contribution in [0.2, 0.25) is 0 Å². The van der Waals surface area contributed by atoms with Crippen LogP contribution in [0.5, 0.6) is 0 Å². The number of aromatic nitrogens is 2. The summed E-state index contributed by atoms with van der Waals surface area (Å²) in [5.41, 5.74) is 5.95. The molecule has 4 nitrogen and oxygen atoms in total. The molecule has 2 aromatic rings. The van der Waals surface area contributed by atoms with Gasteiger partial charge in [-0.2, -0.15) is 5.10 Å². The molecule has 0 saturated carbocycles. The van der Waals surface area contributed by atoms with Crippen molar-refractivity contribution in [1.82, 2.24) is 9.78 Å². The van der Waals surface area contributed by atoms with Gasteiger partial charge in [0, 0.05) is 30.6 Å². The molecule has 1 aliphatic rings. The first-order valence-corrected chi connectivity index (χ1v) is 6.88. The highest BCUT2D eigenvalue weighted by atomic mass is 16.1. The molecule has 0 saturated heterocycles. The zero-order valence-electron chi connectivity index (χ0n) is 12.3. The molecule has 0 radical (unpaired) electrons. The molecule has 1 aromatic heterocycles. The van der Waals surface area contributed by atoms with Crippen molar-refractivity contribution in [2.45, 2.75) is 33.1 Å². The van der Waals surface area contributed by atoms with Crippen LogP contribution in [0.4, 0.5) is 5.82 Å². The molecule has 1 atom stereocenters. The van der Waals surface area contributed by atoms with Gasteiger partial charge in [-0.3, -0.25) is 9.48 Å². The largest absolute Gasteiger partial charge is 0.309 e. The van der Waals surface area contributed by atoms with Crippen molar-refractivity contribution in [3.63, 3.8) is 0 Å². The van der Waals surface area contributed by atoms with Gasteiger partial charge in [0.1, 0.15) is 0 Å². The predicted molar refractivity (Wildman–Crippen MR) is 79.0 cm³/mol. The van der Waals surface area contributed by atoms with Crippen LogP contribution in [-0.4, -0.2) is 15.7 Å². The van der Waals surface area contributed by atoms with Crippen LogP contribution in [0.1, 0.15) is 40.3 Å². The van der Waals surface area contributed by atoms with Crippen LogP contribution < -0.4 is 5.32 Å². The Labute approximate surface area is 118 Å². The number of hydrogen-bond acceptors (Lipinski definition) is 2. The lowest BCUT2D eigenvalue weighted by molar-refractivity contribution is -0.116. The SMILES string of the molecule is Cc1ccc(C)c(C2CC(=O)Nc3nn(C)c(C)c32)c1. The average Bonchev–Trinajstić information content (AvgIpc) is 2.67. The van der Waals surface area contributed by atoms with Crippen molar-refractivity contribution in [3.8, 4) is 0 Å². The molecular weight excluding hydrogens is 250 g/mol. The number of nitrogens with zero attached hydrogens (tertiary/aromatic N) is 2. The summed E-state index contributed by atoms with van der Waals surface area (Å²) in [6, 6.07) is 6.43. The summed E-state index contributed by atoms with van der Waals surface area (Å²) in [6.07, 6.45) is 0.490. The minimum atomic E-state index is 0.0431. The fourth-order valence-electron chi connectivity index (χ4n) is 3.01. The molecule has 1 unspecified atom stereocenters. The molecule has 0 spiro atoms. The molecule has 0 fully saturated rings. The van der Waals surface area contributed by atoms with Crippen molar-refractivity contribution in [2.24, 2.45) is 7.05 Å². The van der Waals surface area contributed by atoms with Gasteiger partial charge < -0.3 is 5.32 Å². The van der Waals surface area contributed by atoms with E-state index in [0.29, 0.717) is 12.2 Å². The molecule has 104 valence electrons. The van der Waals surface area contributed by atoms with E-state index in [1.165, 1.54) is 16.7 Å². The smallest absolute Gasteiger partial charge is 0.226 e. The third-order valence-electron chi connectivity index (χ3n) is 4.19. The zero-order valence-corrected chi connectivity index (χ0v) is 12.3. The van der Waals surface area contributed by atoms with E-state index in [1.807, 2.05) is 11.7 Å². The van der Waals surface area contributed by atoms with E-state index in [9.17, 15) is 4.79 Å². The summed E-state index contributed by atoms with van der Waals surface area (Å²) in [4.78, 5) is 12.0. The van der Waals surface area contributed by atoms with Gasteiger partial charge in [0.05, 0.1) is 0 Å². The van der Waals surface area contributed by atoms with Gasteiger partial charge in [-0.15, -0.1) is 0 Å². The van der Waals surface area contributed by atoms with Crippen molar-refractivity contribution in [1.29, 1.82) is 0 Å². The fraction of sp³-hybridized carbons (Fsp3) is 0.375. The van der Waals surface area contributed by atoms with Crippen LogP contribution in [-0.2, 0) is 11.8 Å². The topological polar surface area (TPSA) is 46.9 Å². The van der Waals surface area contributed by atoms with E-state index < -0.39 is 0 Å². The molecular formula is C16H19N3O. The number of nitrogens with one attached hydrogen (secondary N) is 1. The van der Waals surface area contributed by atoms with Crippen LogP contribution in [0.15, 0.2) is 18.2 Å². The van der Waals surface area contributed by atoms with Crippen LogP contribution in [0.25, 0.3) is 0 Å². The second kappa shape index (κ2) is 4.47. The first-order chi connectivity index (χ1) is 9.47. The van der Waals surface area contributed by atoms with Crippen molar-refractivity contribution >= 4 is 11.7 Å². The highest BCUT2D eigenvalue weighted by Crippen LogP contribution is 2.39. The quantitative estimate of drug-likeness (QED) is 0.865. The minimum absolute atomic E-state index is 0.0431. The summed E-state index contributed by atoms with van der Waals surface area (Å²) in [5.74, 6) is 0.862. The highest BCUT2D eigenvalue weighted by molar-refractivity contribution is 5.94. The second-order valence-electron chi connectivity index (χ2n) is 5.64. The average molecular weight is 269 g/mol. The van der Waals surface area contributed by atoms with Crippen molar-refractivity contribution < 1.29 is 4.79 Å². The Hall–Kier alpha value is -2.10. The van der Waals surface area contributed by atoms with Crippen LogP contribution in [0.3, 0.4) is 0 Å². The molecule has 3 rings (SSSR count). The van der Waals surface area contributed by atoms with Gasteiger partial charge in [0.25, 0.3) is 0 Å². The second-order valence-corrected chi connectivity index (χ2v) is 5.64. The number of carbonyl (C=O) groups is 1. The van der Waals surface area contributed by atoms with E-state index in [1.54, 1.807) is 0 Å². The van der Waals surface area contributed by atoms with E-state index in [-0.39, 0.29) is 11.8 Å². The normalized spacial score (nSPS) is 17.8. The number of fused-ring (bicyclic) bond motifs is 1. The van der Waals surface area contributed by atoms with Crippen molar-refractivity contribution in [3.05, 3.63) is 46.1 Å². The number of carbonyl (C=O) groups excluding carboxylic acids is 1. The Bertz CT molecular complexity index is 700. The van der Waals surface area contributed by atoms with Crippen LogP contribution in [0, 0.1) is 20.8 Å². The molecule has 4 heteroatoms. The van der Waals surface area contributed by atoms with Gasteiger partial charge in [0.2, 0.25) is 5.91 Å². The highest BCUT2D eigenvalue weighted by Gasteiger charge is 2.32. The third-order valence-corrected chi connectivity index (χ3v) is 4.19. The summed E-state index contributed by atoms with van der Waals surface area (Å²) >= 11 is 0. The maximum absolute atomic E-state index is 12.0. The lowest BCUT2D eigenvalue weighted by atomic mass is 9.83. The number of rotatable bonds is 1. The van der Waals surface area contributed by atoms with E-state index >= 15 is 0 Å². The van der Waals surface area contributed by atoms with E-state index in [2.05, 4.69) is 49.4 Å². The molecule has 20 heavy (non-hydrogen) atoms. The van der Waals surface area contributed by atoms with Gasteiger partial charge in [-0.25, -0.2) is 0 Å². The van der Waals surface area contributed by atoms with E-state index in [0.717, 1.165) is 11.3 Å². The minimum Gasteiger partial charge on any atom is -0.309 e. The Morgan fingerprint density at radius 1 is 1.30 bits per heavy atom. The lowest BCUT2D eigenvalue weighted by Gasteiger charge is -2.24. The van der Waals surface area contributed by atoms with Gasteiger partial charge in [0.15, 0.2) is 5.82 Å². The molecule has 2 heterocycles. The van der Waals surface area contributed by atoms with Gasteiger partial charge in [-0.05, 0) is 31.9 Å². The first kappa shape index (κ1) is 12.9. The molecule has 0 aliphatic carbocycles. The zero-order chi connectivity index (χ0) is 14.4. The summed E-state index contributed by atoms with van der Waals surface area (Å²) in [6.45, 7) is 6.25. The lowest BCUT2D eigenvalue weighted by Crippen LogP contribution is -2.24. The number of aryl methyl sites for hydroxylation is 3. The summed E-state index contributed by atoms with van der Waals surface area (Å²) in [5, 5.41) is 7.30. The Morgan fingerprint density at radius 3 is 2.80 bits per heavy atom. The Balaban J connectivity index is 2.20. The summed E-state index contributed by atoms with van der Waals surface area (Å²) in [7, 11) is 1.92. The number of amides is 1. The third kappa shape index (κ3) is 1.92. The number of hydrogen-bond donors (Lipinski definition) is 1. The molecule has 1 aliphatic heterocycles. The van der Waals surface area contributed by atoms with Gasteiger partial charge >= 0.3 is 0 Å². The molecule has 1 N–H and O–H groups in total.